The van der Waals surface area contributed by atoms with E-state index in [1.165, 1.54) is 0 Å². The summed E-state index contributed by atoms with van der Waals surface area (Å²) >= 11 is 0. The molecule has 0 bridgehead atoms. The molecule has 1 aliphatic carbocycles. The van der Waals surface area contributed by atoms with Crippen LogP contribution in [0.1, 0.15) is 59.5 Å². The number of aromatic amines is 1. The van der Waals surface area contributed by atoms with Gasteiger partial charge in [-0.05, 0) is 56.2 Å². The van der Waals surface area contributed by atoms with Crippen LogP contribution in [0.5, 0.6) is 0 Å². The molecule has 2 atom stereocenters. The maximum absolute atomic E-state index is 12.5. The molecule has 0 saturated heterocycles. The van der Waals surface area contributed by atoms with Gasteiger partial charge in [-0.2, -0.15) is 0 Å². The molecular weight excluding hydrogens is 316 g/mol. The first-order valence-corrected chi connectivity index (χ1v) is 8.83. The Hall–Kier alpha value is -2.40. The van der Waals surface area contributed by atoms with Gasteiger partial charge in [0.2, 0.25) is 0 Å². The van der Waals surface area contributed by atoms with E-state index < -0.39 is 6.10 Å². The highest BCUT2D eigenvalue weighted by molar-refractivity contribution is 5.94. The molecule has 1 aromatic carbocycles. The number of pyridine rings is 1. The number of carbonyl (C=O) groups is 1. The van der Waals surface area contributed by atoms with E-state index in [9.17, 15) is 14.7 Å². The number of benzene rings is 1. The molecule has 0 fully saturated rings. The van der Waals surface area contributed by atoms with Gasteiger partial charge in [0.1, 0.15) is 5.56 Å². The SMILES string of the molecule is CC(CC(O)c1ccccc1)NC(=O)c1cc2c([nH]c1=O)CCCC2. The second-order valence-corrected chi connectivity index (χ2v) is 6.76. The summed E-state index contributed by atoms with van der Waals surface area (Å²) in [6, 6.07) is 10.8. The molecule has 2 aromatic rings. The molecule has 3 N–H and O–H groups in total. The summed E-state index contributed by atoms with van der Waals surface area (Å²) in [6.07, 6.45) is 3.65. The Labute approximate surface area is 147 Å². The van der Waals surface area contributed by atoms with Crippen LogP contribution in [0.4, 0.5) is 0 Å². The molecule has 1 heterocycles. The van der Waals surface area contributed by atoms with Gasteiger partial charge in [-0.1, -0.05) is 30.3 Å². The molecule has 0 saturated carbocycles. The third-order valence-corrected chi connectivity index (χ3v) is 4.72. The number of rotatable bonds is 5. The Morgan fingerprint density at radius 1 is 1.24 bits per heavy atom. The highest BCUT2D eigenvalue weighted by Crippen LogP contribution is 2.20. The van der Waals surface area contributed by atoms with Crippen LogP contribution in [0.2, 0.25) is 0 Å². The van der Waals surface area contributed by atoms with E-state index >= 15 is 0 Å². The van der Waals surface area contributed by atoms with Crippen LogP contribution < -0.4 is 10.9 Å². The zero-order valence-electron chi connectivity index (χ0n) is 14.4. The Bertz CT molecular complexity index is 798. The van der Waals surface area contributed by atoms with Gasteiger partial charge in [0.05, 0.1) is 6.10 Å². The number of carbonyl (C=O) groups excluding carboxylic acids is 1. The van der Waals surface area contributed by atoms with Crippen molar-refractivity contribution < 1.29 is 9.90 Å². The Kier molecular flexibility index (Phi) is 5.34. The molecule has 25 heavy (non-hydrogen) atoms. The van der Waals surface area contributed by atoms with Crippen molar-refractivity contribution in [2.45, 2.75) is 51.2 Å². The van der Waals surface area contributed by atoms with Crippen LogP contribution in [0, 0.1) is 0 Å². The van der Waals surface area contributed by atoms with Crippen LogP contribution in [0.3, 0.4) is 0 Å². The number of aliphatic hydroxyl groups is 1. The summed E-state index contributed by atoms with van der Waals surface area (Å²) in [5.41, 5.74) is 2.65. The second-order valence-electron chi connectivity index (χ2n) is 6.76. The number of fused-ring (bicyclic) bond motifs is 1. The topological polar surface area (TPSA) is 82.2 Å². The molecular formula is C20H24N2O3. The van der Waals surface area contributed by atoms with Crippen molar-refractivity contribution in [2.75, 3.05) is 0 Å². The average molecular weight is 340 g/mol. The standard InChI is InChI=1S/C20H24N2O3/c1-13(11-18(23)14-7-3-2-4-8-14)21-19(24)16-12-15-9-5-6-10-17(15)22-20(16)25/h2-4,7-8,12-13,18,23H,5-6,9-11H2,1H3,(H,21,24)(H,22,25). The van der Waals surface area contributed by atoms with Crippen LogP contribution in [-0.2, 0) is 12.8 Å². The minimum absolute atomic E-state index is 0.154. The van der Waals surface area contributed by atoms with Crippen molar-refractivity contribution in [3.05, 3.63) is 69.1 Å². The Balaban J connectivity index is 1.66. The summed E-state index contributed by atoms with van der Waals surface area (Å²) in [6.45, 7) is 1.83. The van der Waals surface area contributed by atoms with Gasteiger partial charge < -0.3 is 15.4 Å². The maximum Gasteiger partial charge on any atom is 0.261 e. The molecule has 1 aromatic heterocycles. The fourth-order valence-corrected chi connectivity index (χ4v) is 3.35. The quantitative estimate of drug-likeness (QED) is 0.782. The molecule has 0 aliphatic heterocycles. The van der Waals surface area contributed by atoms with Crippen LogP contribution >= 0.6 is 0 Å². The Morgan fingerprint density at radius 2 is 1.96 bits per heavy atom. The predicted molar refractivity (Wildman–Crippen MR) is 96.7 cm³/mol. The number of aryl methyl sites for hydroxylation is 2. The largest absolute Gasteiger partial charge is 0.388 e. The normalized spacial score (nSPS) is 15.9. The lowest BCUT2D eigenvalue weighted by atomic mass is 9.95. The van der Waals surface area contributed by atoms with E-state index in [1.807, 2.05) is 37.3 Å². The molecule has 0 spiro atoms. The summed E-state index contributed by atoms with van der Waals surface area (Å²) in [5.74, 6) is -0.387. The lowest BCUT2D eigenvalue weighted by Gasteiger charge is -2.19. The predicted octanol–water partition coefficient (Wildman–Crippen LogP) is 2.50. The smallest absolute Gasteiger partial charge is 0.261 e. The van der Waals surface area contributed by atoms with Gasteiger partial charge in [-0.3, -0.25) is 9.59 Å². The fourth-order valence-electron chi connectivity index (χ4n) is 3.35. The second kappa shape index (κ2) is 7.66. The van der Waals surface area contributed by atoms with Crippen molar-refractivity contribution in [1.29, 1.82) is 0 Å². The van der Waals surface area contributed by atoms with Crippen molar-refractivity contribution >= 4 is 5.91 Å². The highest BCUT2D eigenvalue weighted by atomic mass is 16.3. The van der Waals surface area contributed by atoms with Crippen molar-refractivity contribution in [1.82, 2.24) is 10.3 Å². The van der Waals surface area contributed by atoms with Gasteiger partial charge in [0, 0.05) is 11.7 Å². The minimum atomic E-state index is -0.654. The molecule has 3 rings (SSSR count). The molecule has 1 aliphatic rings. The molecule has 0 radical (unpaired) electrons. The zero-order chi connectivity index (χ0) is 17.8. The number of hydrogen-bond acceptors (Lipinski definition) is 3. The summed E-state index contributed by atoms with van der Waals surface area (Å²) in [4.78, 5) is 27.5. The number of aliphatic hydroxyl groups excluding tert-OH is 1. The highest BCUT2D eigenvalue weighted by Gasteiger charge is 2.19. The molecule has 1 amide bonds. The first kappa shape index (κ1) is 17.4. The van der Waals surface area contributed by atoms with E-state index in [0.717, 1.165) is 42.5 Å². The minimum Gasteiger partial charge on any atom is -0.388 e. The van der Waals surface area contributed by atoms with E-state index in [2.05, 4.69) is 10.3 Å². The first-order valence-electron chi connectivity index (χ1n) is 8.83. The van der Waals surface area contributed by atoms with E-state index in [-0.39, 0.29) is 23.1 Å². The molecule has 132 valence electrons. The fraction of sp³-hybridized carbons (Fsp3) is 0.400. The number of aromatic nitrogens is 1. The lowest BCUT2D eigenvalue weighted by Crippen LogP contribution is -2.37. The van der Waals surface area contributed by atoms with Gasteiger partial charge >= 0.3 is 0 Å². The molecule has 2 unspecified atom stereocenters. The third-order valence-electron chi connectivity index (χ3n) is 4.72. The first-order chi connectivity index (χ1) is 12.0. The van der Waals surface area contributed by atoms with E-state index in [1.54, 1.807) is 6.07 Å². The van der Waals surface area contributed by atoms with Crippen molar-refractivity contribution in [2.24, 2.45) is 0 Å². The van der Waals surface area contributed by atoms with Crippen LogP contribution in [-0.4, -0.2) is 22.0 Å². The van der Waals surface area contributed by atoms with Gasteiger partial charge in [0.15, 0.2) is 0 Å². The number of hydrogen-bond donors (Lipinski definition) is 3. The number of nitrogens with one attached hydrogen (secondary N) is 2. The number of amides is 1. The molecule has 5 nitrogen and oxygen atoms in total. The molecule has 5 heteroatoms. The zero-order valence-corrected chi connectivity index (χ0v) is 14.4. The third kappa shape index (κ3) is 4.17. The van der Waals surface area contributed by atoms with Crippen LogP contribution in [0.25, 0.3) is 0 Å². The van der Waals surface area contributed by atoms with E-state index in [4.69, 9.17) is 0 Å². The van der Waals surface area contributed by atoms with Crippen LogP contribution in [0.15, 0.2) is 41.2 Å². The Morgan fingerprint density at radius 3 is 2.72 bits per heavy atom. The number of H-pyrrole nitrogens is 1. The van der Waals surface area contributed by atoms with E-state index in [0.29, 0.717) is 6.42 Å². The van der Waals surface area contributed by atoms with Crippen molar-refractivity contribution in [3.8, 4) is 0 Å². The summed E-state index contributed by atoms with van der Waals surface area (Å²) < 4.78 is 0. The summed E-state index contributed by atoms with van der Waals surface area (Å²) in [5, 5.41) is 13.1. The average Bonchev–Trinajstić information content (AvgIpc) is 2.61. The summed E-state index contributed by atoms with van der Waals surface area (Å²) in [7, 11) is 0. The maximum atomic E-state index is 12.5. The lowest BCUT2D eigenvalue weighted by molar-refractivity contribution is 0.0915. The van der Waals surface area contributed by atoms with Gasteiger partial charge in [0.25, 0.3) is 11.5 Å². The van der Waals surface area contributed by atoms with Gasteiger partial charge in [-0.25, -0.2) is 0 Å². The van der Waals surface area contributed by atoms with Crippen molar-refractivity contribution in [3.63, 3.8) is 0 Å². The van der Waals surface area contributed by atoms with Gasteiger partial charge in [-0.15, -0.1) is 0 Å². The monoisotopic (exact) mass is 340 g/mol.